The van der Waals surface area contributed by atoms with Crippen LogP contribution in [0.3, 0.4) is 0 Å². The monoisotopic (exact) mass is 235 g/mol. The number of nitrogens with one attached hydrogen (secondary N) is 1. The number of rotatable bonds is 4. The number of nitrogens with zero attached hydrogens (tertiary/aromatic N) is 2. The Morgan fingerprint density at radius 2 is 2.35 bits per heavy atom. The Bertz CT molecular complexity index is 345. The SMILES string of the molecule is CCC1CCCC(C(NC)c2nccn2C)C1. The van der Waals surface area contributed by atoms with E-state index in [0.717, 1.165) is 11.8 Å². The molecular weight excluding hydrogens is 210 g/mol. The predicted octanol–water partition coefficient (Wildman–Crippen LogP) is 2.90. The maximum absolute atomic E-state index is 4.51. The van der Waals surface area contributed by atoms with Crippen molar-refractivity contribution in [1.29, 1.82) is 0 Å². The molecule has 96 valence electrons. The first-order valence-corrected chi connectivity index (χ1v) is 6.90. The molecule has 1 aromatic rings. The molecule has 1 aliphatic rings. The number of imidazole rings is 1. The van der Waals surface area contributed by atoms with Gasteiger partial charge in [-0.15, -0.1) is 0 Å². The summed E-state index contributed by atoms with van der Waals surface area (Å²) in [7, 11) is 4.15. The lowest BCUT2D eigenvalue weighted by molar-refractivity contribution is 0.208. The minimum absolute atomic E-state index is 0.421. The number of aryl methyl sites for hydroxylation is 1. The predicted molar refractivity (Wildman–Crippen MR) is 70.7 cm³/mol. The van der Waals surface area contributed by atoms with E-state index in [4.69, 9.17) is 0 Å². The largest absolute Gasteiger partial charge is 0.337 e. The van der Waals surface area contributed by atoms with Crippen LogP contribution in [0.2, 0.25) is 0 Å². The van der Waals surface area contributed by atoms with Crippen LogP contribution in [0.25, 0.3) is 0 Å². The molecule has 3 heteroatoms. The molecule has 17 heavy (non-hydrogen) atoms. The van der Waals surface area contributed by atoms with E-state index in [1.807, 2.05) is 12.4 Å². The second kappa shape index (κ2) is 5.67. The van der Waals surface area contributed by atoms with Crippen LogP contribution >= 0.6 is 0 Å². The van der Waals surface area contributed by atoms with E-state index in [9.17, 15) is 0 Å². The molecule has 1 aliphatic carbocycles. The fourth-order valence-electron chi connectivity index (χ4n) is 3.26. The van der Waals surface area contributed by atoms with Gasteiger partial charge in [0.05, 0.1) is 6.04 Å². The van der Waals surface area contributed by atoms with Crippen molar-refractivity contribution < 1.29 is 0 Å². The fourth-order valence-corrected chi connectivity index (χ4v) is 3.26. The first-order chi connectivity index (χ1) is 8.26. The standard InChI is InChI=1S/C14H25N3/c1-4-11-6-5-7-12(10-11)13(15-2)14-16-8-9-17(14)3/h8-9,11-13,15H,4-7,10H2,1-3H3. The Morgan fingerprint density at radius 3 is 2.94 bits per heavy atom. The van der Waals surface area contributed by atoms with Crippen LogP contribution in [-0.4, -0.2) is 16.6 Å². The highest BCUT2D eigenvalue weighted by molar-refractivity contribution is 5.01. The highest BCUT2D eigenvalue weighted by atomic mass is 15.1. The van der Waals surface area contributed by atoms with Crippen LogP contribution in [-0.2, 0) is 7.05 Å². The normalized spacial score (nSPS) is 27.0. The summed E-state index contributed by atoms with van der Waals surface area (Å²) in [6, 6.07) is 0.421. The van der Waals surface area contributed by atoms with Crippen molar-refractivity contribution in [3.05, 3.63) is 18.2 Å². The molecular formula is C14H25N3. The Balaban J connectivity index is 2.10. The summed E-state index contributed by atoms with van der Waals surface area (Å²) < 4.78 is 2.15. The lowest BCUT2D eigenvalue weighted by Gasteiger charge is -2.33. The van der Waals surface area contributed by atoms with Gasteiger partial charge in [0.25, 0.3) is 0 Å². The number of hydrogen-bond acceptors (Lipinski definition) is 2. The van der Waals surface area contributed by atoms with E-state index < -0.39 is 0 Å². The lowest BCUT2D eigenvalue weighted by Crippen LogP contribution is -2.31. The molecule has 0 aromatic carbocycles. The number of hydrogen-bond donors (Lipinski definition) is 1. The van der Waals surface area contributed by atoms with Gasteiger partial charge in [-0.25, -0.2) is 4.98 Å². The highest BCUT2D eigenvalue weighted by Gasteiger charge is 2.29. The Kier molecular flexibility index (Phi) is 4.21. The summed E-state index contributed by atoms with van der Waals surface area (Å²) in [6.07, 6.45) is 10.8. The molecule has 0 radical (unpaired) electrons. The Labute approximate surface area is 105 Å². The van der Waals surface area contributed by atoms with E-state index in [1.54, 1.807) is 0 Å². The average Bonchev–Trinajstić information content (AvgIpc) is 2.77. The molecule has 1 heterocycles. The second-order valence-electron chi connectivity index (χ2n) is 5.36. The smallest absolute Gasteiger partial charge is 0.125 e. The zero-order valence-corrected chi connectivity index (χ0v) is 11.3. The second-order valence-corrected chi connectivity index (χ2v) is 5.36. The van der Waals surface area contributed by atoms with Crippen LogP contribution < -0.4 is 5.32 Å². The third-order valence-corrected chi connectivity index (χ3v) is 4.32. The highest BCUT2D eigenvalue weighted by Crippen LogP contribution is 2.37. The zero-order chi connectivity index (χ0) is 12.3. The Morgan fingerprint density at radius 1 is 1.53 bits per heavy atom. The summed E-state index contributed by atoms with van der Waals surface area (Å²) in [5, 5.41) is 3.48. The quantitative estimate of drug-likeness (QED) is 0.869. The van der Waals surface area contributed by atoms with Gasteiger partial charge >= 0.3 is 0 Å². The molecule has 3 unspecified atom stereocenters. The van der Waals surface area contributed by atoms with E-state index in [-0.39, 0.29) is 0 Å². The summed E-state index contributed by atoms with van der Waals surface area (Å²) in [5.74, 6) is 2.86. The van der Waals surface area contributed by atoms with Crippen molar-refractivity contribution in [2.75, 3.05) is 7.05 Å². The van der Waals surface area contributed by atoms with Gasteiger partial charge in [0.2, 0.25) is 0 Å². The molecule has 0 amide bonds. The summed E-state index contributed by atoms with van der Waals surface area (Å²) in [4.78, 5) is 4.51. The minimum atomic E-state index is 0.421. The minimum Gasteiger partial charge on any atom is -0.337 e. The van der Waals surface area contributed by atoms with Crippen LogP contribution in [0, 0.1) is 11.8 Å². The van der Waals surface area contributed by atoms with Crippen molar-refractivity contribution in [3.8, 4) is 0 Å². The molecule has 1 aromatic heterocycles. The van der Waals surface area contributed by atoms with E-state index in [0.29, 0.717) is 6.04 Å². The fraction of sp³-hybridized carbons (Fsp3) is 0.786. The molecule has 2 rings (SSSR count). The van der Waals surface area contributed by atoms with Crippen LogP contribution in [0.15, 0.2) is 12.4 Å². The van der Waals surface area contributed by atoms with Crippen LogP contribution in [0.4, 0.5) is 0 Å². The van der Waals surface area contributed by atoms with Gasteiger partial charge < -0.3 is 9.88 Å². The third-order valence-electron chi connectivity index (χ3n) is 4.32. The molecule has 0 aliphatic heterocycles. The van der Waals surface area contributed by atoms with Crippen molar-refractivity contribution in [2.24, 2.45) is 18.9 Å². The molecule has 0 spiro atoms. The van der Waals surface area contributed by atoms with Crippen LogP contribution in [0.5, 0.6) is 0 Å². The van der Waals surface area contributed by atoms with Crippen molar-refractivity contribution in [1.82, 2.24) is 14.9 Å². The molecule has 0 saturated heterocycles. The van der Waals surface area contributed by atoms with E-state index in [1.165, 1.54) is 37.9 Å². The maximum Gasteiger partial charge on any atom is 0.125 e. The van der Waals surface area contributed by atoms with Gasteiger partial charge in [-0.2, -0.15) is 0 Å². The van der Waals surface area contributed by atoms with Crippen LogP contribution in [0.1, 0.15) is 50.9 Å². The first-order valence-electron chi connectivity index (χ1n) is 6.90. The van der Waals surface area contributed by atoms with Crippen molar-refractivity contribution >= 4 is 0 Å². The van der Waals surface area contributed by atoms with Gasteiger partial charge in [-0.05, 0) is 31.7 Å². The summed E-state index contributed by atoms with van der Waals surface area (Å²) in [6.45, 7) is 2.32. The van der Waals surface area contributed by atoms with Crippen molar-refractivity contribution in [3.63, 3.8) is 0 Å². The maximum atomic E-state index is 4.51. The lowest BCUT2D eigenvalue weighted by atomic mass is 9.76. The van der Waals surface area contributed by atoms with Gasteiger partial charge in [0.15, 0.2) is 0 Å². The summed E-state index contributed by atoms with van der Waals surface area (Å²) >= 11 is 0. The van der Waals surface area contributed by atoms with Gasteiger partial charge in [-0.3, -0.25) is 0 Å². The van der Waals surface area contributed by atoms with Gasteiger partial charge in [0, 0.05) is 19.4 Å². The van der Waals surface area contributed by atoms with Gasteiger partial charge in [0.1, 0.15) is 5.82 Å². The summed E-state index contributed by atoms with van der Waals surface area (Å²) in [5.41, 5.74) is 0. The van der Waals surface area contributed by atoms with E-state index in [2.05, 4.69) is 35.9 Å². The first kappa shape index (κ1) is 12.6. The molecule has 0 bridgehead atoms. The van der Waals surface area contributed by atoms with E-state index >= 15 is 0 Å². The molecule has 1 fully saturated rings. The molecule has 3 nitrogen and oxygen atoms in total. The topological polar surface area (TPSA) is 29.9 Å². The molecule has 1 N–H and O–H groups in total. The van der Waals surface area contributed by atoms with Gasteiger partial charge in [-0.1, -0.05) is 26.2 Å². The molecule has 1 saturated carbocycles. The average molecular weight is 235 g/mol. The zero-order valence-electron chi connectivity index (χ0n) is 11.3. The Hall–Kier alpha value is -0.830. The number of aromatic nitrogens is 2. The third kappa shape index (κ3) is 2.71. The molecule has 3 atom stereocenters. The van der Waals surface area contributed by atoms with Crippen molar-refractivity contribution in [2.45, 2.75) is 45.1 Å².